The summed E-state index contributed by atoms with van der Waals surface area (Å²) in [6.45, 7) is -0.329. The number of phenols is 3. The molecule has 2 aliphatic rings. The van der Waals surface area contributed by atoms with Gasteiger partial charge in [-0.2, -0.15) is 0 Å². The minimum Gasteiger partial charge on any atom is -0.508 e. The van der Waals surface area contributed by atoms with Gasteiger partial charge in [-0.05, 0) is 17.7 Å². The van der Waals surface area contributed by atoms with Gasteiger partial charge < -0.3 is 44.8 Å². The number of benzene rings is 2. The third-order valence-electron chi connectivity index (χ3n) is 5.06. The lowest BCUT2D eigenvalue weighted by Gasteiger charge is -2.39. The molecule has 6 atom stereocenters. The molecule has 1 saturated heterocycles. The summed E-state index contributed by atoms with van der Waals surface area (Å²) in [5.74, 6) is -1.63. The minimum absolute atomic E-state index is 0.0165. The van der Waals surface area contributed by atoms with E-state index in [4.69, 9.17) is 14.2 Å². The summed E-state index contributed by atoms with van der Waals surface area (Å²) in [6.07, 6.45) is -8.48. The van der Waals surface area contributed by atoms with Crippen molar-refractivity contribution in [1.82, 2.24) is 0 Å². The molecule has 160 valence electrons. The second-order valence-corrected chi connectivity index (χ2v) is 7.14. The third-order valence-corrected chi connectivity index (χ3v) is 5.06. The normalized spacial score (nSPS) is 31.1. The van der Waals surface area contributed by atoms with E-state index in [2.05, 4.69) is 0 Å². The number of ketones is 1. The maximum absolute atomic E-state index is 13.2. The van der Waals surface area contributed by atoms with Crippen molar-refractivity contribution in [2.24, 2.45) is 0 Å². The van der Waals surface area contributed by atoms with E-state index in [1.165, 1.54) is 30.3 Å². The van der Waals surface area contributed by atoms with Crippen molar-refractivity contribution in [3.8, 4) is 23.0 Å². The Bertz CT molecular complexity index is 943. The number of rotatable bonds is 3. The average molecular weight is 420 g/mol. The Kier molecular flexibility index (Phi) is 5.26. The summed E-state index contributed by atoms with van der Waals surface area (Å²) >= 11 is 0. The number of carbonyl (C=O) groups is 1. The Morgan fingerprint density at radius 2 is 1.63 bits per heavy atom. The second-order valence-electron chi connectivity index (χ2n) is 7.14. The van der Waals surface area contributed by atoms with Gasteiger partial charge in [-0.25, -0.2) is 0 Å². The van der Waals surface area contributed by atoms with E-state index in [-0.39, 0.29) is 29.4 Å². The molecule has 0 spiro atoms. The van der Waals surface area contributed by atoms with E-state index in [0.29, 0.717) is 5.56 Å². The number of aliphatic hydroxyl groups excluding tert-OH is 3. The smallest absolute Gasteiger partial charge is 0.203 e. The molecule has 2 aliphatic heterocycles. The fraction of sp³-hybridized carbons (Fsp3) is 0.350. The summed E-state index contributed by atoms with van der Waals surface area (Å²) in [7, 11) is 0. The lowest BCUT2D eigenvalue weighted by atomic mass is 9.92. The minimum atomic E-state index is -1.64. The van der Waals surface area contributed by atoms with Gasteiger partial charge in [0.2, 0.25) is 5.78 Å². The molecule has 0 saturated carbocycles. The van der Waals surface area contributed by atoms with Gasteiger partial charge in [0.05, 0.1) is 6.61 Å². The highest BCUT2D eigenvalue weighted by atomic mass is 16.7. The Hall–Kier alpha value is -2.89. The fourth-order valence-electron chi connectivity index (χ4n) is 3.49. The first-order valence-electron chi connectivity index (χ1n) is 9.13. The van der Waals surface area contributed by atoms with Crippen LogP contribution in [0.25, 0.3) is 0 Å². The summed E-state index contributed by atoms with van der Waals surface area (Å²) in [4.78, 5) is 13.2. The molecule has 4 rings (SSSR count). The number of hydrogen-bond acceptors (Lipinski definition) is 10. The number of phenolic OH excluding ortho intramolecular Hbond substituents is 3. The number of hydrogen-bond donors (Lipinski definition) is 6. The van der Waals surface area contributed by atoms with E-state index in [0.717, 1.165) is 6.07 Å². The molecule has 5 unspecified atom stereocenters. The molecular weight excluding hydrogens is 400 g/mol. The third kappa shape index (κ3) is 3.55. The molecule has 0 aliphatic carbocycles. The molecule has 10 heteroatoms. The molecule has 6 N–H and O–H groups in total. The predicted molar refractivity (Wildman–Crippen MR) is 98.2 cm³/mol. The fourth-order valence-corrected chi connectivity index (χ4v) is 3.49. The number of ether oxygens (including phenoxy) is 3. The average Bonchev–Trinajstić information content (AvgIpc) is 2.70. The van der Waals surface area contributed by atoms with E-state index >= 15 is 0 Å². The van der Waals surface area contributed by atoms with Gasteiger partial charge in [-0.1, -0.05) is 12.1 Å². The van der Waals surface area contributed by atoms with Crippen LogP contribution >= 0.6 is 0 Å². The predicted octanol–water partition coefficient (Wildman–Crippen LogP) is -0.0560. The van der Waals surface area contributed by atoms with Crippen LogP contribution in [0.3, 0.4) is 0 Å². The van der Waals surface area contributed by atoms with Gasteiger partial charge in [0, 0.05) is 12.1 Å². The second kappa shape index (κ2) is 7.74. The first-order chi connectivity index (χ1) is 14.3. The van der Waals surface area contributed by atoms with E-state index in [1.807, 2.05) is 0 Å². The highest BCUT2D eigenvalue weighted by molar-refractivity contribution is 6.05. The summed E-state index contributed by atoms with van der Waals surface area (Å²) in [5, 5.41) is 59.1. The van der Waals surface area contributed by atoms with Gasteiger partial charge >= 0.3 is 0 Å². The van der Waals surface area contributed by atoms with Crippen molar-refractivity contribution in [1.29, 1.82) is 0 Å². The molecule has 0 aromatic heterocycles. The van der Waals surface area contributed by atoms with Crippen molar-refractivity contribution < 1.29 is 49.6 Å². The van der Waals surface area contributed by atoms with Crippen LogP contribution in [0.1, 0.15) is 22.0 Å². The zero-order chi connectivity index (χ0) is 21.6. The van der Waals surface area contributed by atoms with Crippen LogP contribution in [0, 0.1) is 0 Å². The van der Waals surface area contributed by atoms with Crippen LogP contribution < -0.4 is 4.74 Å². The Balaban J connectivity index is 1.72. The summed E-state index contributed by atoms with van der Waals surface area (Å²) in [6, 6.07) is 7.89. The Morgan fingerprint density at radius 3 is 2.33 bits per heavy atom. The molecule has 1 fully saturated rings. The van der Waals surface area contributed by atoms with Crippen LogP contribution in [0.15, 0.2) is 36.4 Å². The summed E-state index contributed by atoms with van der Waals surface area (Å²) < 4.78 is 16.7. The molecule has 0 radical (unpaired) electrons. The first kappa shape index (κ1) is 20.4. The summed E-state index contributed by atoms with van der Waals surface area (Å²) in [5.41, 5.74) is 0.198. The number of carbonyl (C=O) groups excluding carboxylic acids is 1. The standard InChI is InChI=1S/C20H20O10/c21-9-3-1-8(2-4-9)18-19(30-20-17(27)15(25)12(24)7-28-20)16(26)14-11(23)5-10(22)6-13(14)29-18/h1-6,12,15,17-25,27H,7H2/t12?,15?,17?,18?,19-,20?/m1/s1. The maximum atomic E-state index is 13.2. The Labute approximate surface area is 170 Å². The number of aromatic hydroxyl groups is 3. The van der Waals surface area contributed by atoms with E-state index < -0.39 is 48.3 Å². The zero-order valence-electron chi connectivity index (χ0n) is 15.5. The number of fused-ring (bicyclic) bond motifs is 1. The number of aliphatic hydroxyl groups is 3. The molecule has 10 nitrogen and oxygen atoms in total. The molecule has 30 heavy (non-hydrogen) atoms. The molecule has 2 heterocycles. The number of Topliss-reactive ketones (excluding diaryl/α,β-unsaturated/α-hetero) is 1. The molecular formula is C20H20O10. The van der Waals surface area contributed by atoms with Crippen molar-refractivity contribution in [2.75, 3.05) is 6.61 Å². The van der Waals surface area contributed by atoms with E-state index in [1.54, 1.807) is 0 Å². The molecule has 2 aromatic rings. The van der Waals surface area contributed by atoms with Crippen LogP contribution in [-0.2, 0) is 9.47 Å². The van der Waals surface area contributed by atoms with Gasteiger partial charge in [-0.15, -0.1) is 0 Å². The quantitative estimate of drug-likeness (QED) is 0.396. The highest BCUT2D eigenvalue weighted by Crippen LogP contribution is 2.43. The van der Waals surface area contributed by atoms with Crippen molar-refractivity contribution >= 4 is 5.78 Å². The topological polar surface area (TPSA) is 166 Å². The lowest BCUT2D eigenvalue weighted by molar-refractivity contribution is -0.283. The maximum Gasteiger partial charge on any atom is 0.203 e. The molecule has 0 bridgehead atoms. The zero-order valence-corrected chi connectivity index (χ0v) is 15.5. The van der Waals surface area contributed by atoms with Gasteiger partial charge in [0.1, 0.15) is 46.9 Å². The largest absolute Gasteiger partial charge is 0.508 e. The van der Waals surface area contributed by atoms with Crippen LogP contribution in [-0.4, -0.2) is 73.7 Å². The van der Waals surface area contributed by atoms with Crippen molar-refractivity contribution in [3.05, 3.63) is 47.5 Å². The first-order valence-corrected chi connectivity index (χ1v) is 9.13. The van der Waals surface area contributed by atoms with Crippen molar-refractivity contribution in [2.45, 2.75) is 36.8 Å². The van der Waals surface area contributed by atoms with Gasteiger partial charge in [-0.3, -0.25) is 4.79 Å². The van der Waals surface area contributed by atoms with Gasteiger partial charge in [0.15, 0.2) is 18.5 Å². The van der Waals surface area contributed by atoms with Gasteiger partial charge in [0.25, 0.3) is 0 Å². The SMILES string of the molecule is O=C1c2c(O)cc(O)cc2OC(c2ccc(O)cc2)[C@@H]1OC1OCC(O)C(O)C1O. The molecule has 0 amide bonds. The van der Waals surface area contributed by atoms with Crippen LogP contribution in [0.5, 0.6) is 23.0 Å². The molecule has 2 aromatic carbocycles. The lowest BCUT2D eigenvalue weighted by Crippen LogP contribution is -2.56. The van der Waals surface area contributed by atoms with Crippen LogP contribution in [0.2, 0.25) is 0 Å². The van der Waals surface area contributed by atoms with Crippen molar-refractivity contribution in [3.63, 3.8) is 0 Å². The Morgan fingerprint density at radius 1 is 0.933 bits per heavy atom. The highest BCUT2D eigenvalue weighted by Gasteiger charge is 2.46. The monoisotopic (exact) mass is 420 g/mol. The van der Waals surface area contributed by atoms with Crippen LogP contribution in [0.4, 0.5) is 0 Å². The van der Waals surface area contributed by atoms with E-state index in [9.17, 15) is 35.4 Å².